The molecule has 0 saturated carbocycles. The fraction of sp³-hybridized carbons (Fsp3) is 0.0357. The van der Waals surface area contributed by atoms with Crippen LogP contribution < -0.4 is 10.5 Å². The van der Waals surface area contributed by atoms with Crippen molar-refractivity contribution in [1.29, 1.82) is 0 Å². The predicted molar refractivity (Wildman–Crippen MR) is 252 cm³/mol. The van der Waals surface area contributed by atoms with Crippen LogP contribution in [-0.2, 0) is 0 Å². The second kappa shape index (κ2) is 14.0. The standard InChI is InChI=1S/C56H40N2Si/c1-59(2)54-50-31-15-13-29-48(50)47-28-12-14-30-49(47)51(54)52-53(39-22-10-5-11-23-39)57-55(58-56(52)59)43-27-17-25-41(33-43)40-24-16-26-42(32-40)46-35-44(37-18-6-3-7-19-37)34-45(36-46)38-20-8-4-9-21-38/h3-36H,1-2H3. The molecule has 1 aromatic heterocycles. The minimum absolute atomic E-state index is 0.769. The molecule has 0 saturated heterocycles. The van der Waals surface area contributed by atoms with Crippen LogP contribution in [0.5, 0.6) is 0 Å². The fourth-order valence-corrected chi connectivity index (χ4v) is 12.6. The third kappa shape index (κ3) is 5.93. The van der Waals surface area contributed by atoms with Crippen molar-refractivity contribution in [2.75, 3.05) is 0 Å². The van der Waals surface area contributed by atoms with Crippen molar-refractivity contribution in [2.45, 2.75) is 13.1 Å². The predicted octanol–water partition coefficient (Wildman–Crippen LogP) is 13.6. The molecule has 0 bridgehead atoms. The van der Waals surface area contributed by atoms with E-state index in [1.807, 2.05) is 0 Å². The first-order chi connectivity index (χ1) is 29.0. The van der Waals surface area contributed by atoms with Gasteiger partial charge < -0.3 is 0 Å². The Morgan fingerprint density at radius 1 is 0.305 bits per heavy atom. The molecule has 0 unspecified atom stereocenters. The average molecular weight is 769 g/mol. The molecule has 10 aromatic rings. The molecule has 59 heavy (non-hydrogen) atoms. The number of rotatable bonds is 6. The van der Waals surface area contributed by atoms with Crippen molar-refractivity contribution in [3.8, 4) is 78.3 Å². The van der Waals surface area contributed by atoms with Crippen molar-refractivity contribution >= 4 is 40.1 Å². The van der Waals surface area contributed by atoms with Gasteiger partial charge in [-0.15, -0.1) is 0 Å². The Morgan fingerprint density at radius 2 is 0.695 bits per heavy atom. The van der Waals surface area contributed by atoms with E-state index in [9.17, 15) is 0 Å². The van der Waals surface area contributed by atoms with Gasteiger partial charge in [0.2, 0.25) is 0 Å². The lowest BCUT2D eigenvalue weighted by molar-refractivity contribution is 1.21. The third-order valence-corrected chi connectivity index (χ3v) is 15.5. The van der Waals surface area contributed by atoms with Crippen molar-refractivity contribution in [2.24, 2.45) is 0 Å². The molecule has 1 aliphatic rings. The molecule has 9 aromatic carbocycles. The van der Waals surface area contributed by atoms with Crippen LogP contribution in [0.1, 0.15) is 0 Å². The number of benzene rings is 9. The molecule has 0 atom stereocenters. The van der Waals surface area contributed by atoms with E-state index in [0.717, 1.165) is 33.8 Å². The first-order valence-corrected chi connectivity index (χ1v) is 23.4. The van der Waals surface area contributed by atoms with Gasteiger partial charge in [-0.1, -0.05) is 189 Å². The number of hydrogen-bond acceptors (Lipinski definition) is 2. The second-order valence-corrected chi connectivity index (χ2v) is 20.4. The lowest BCUT2D eigenvalue weighted by atomic mass is 9.91. The van der Waals surface area contributed by atoms with Gasteiger partial charge in [-0.2, -0.15) is 0 Å². The van der Waals surface area contributed by atoms with E-state index in [1.165, 1.54) is 76.6 Å². The van der Waals surface area contributed by atoms with E-state index < -0.39 is 8.07 Å². The molecule has 0 fully saturated rings. The zero-order valence-corrected chi connectivity index (χ0v) is 34.0. The van der Waals surface area contributed by atoms with Crippen LogP contribution in [0.2, 0.25) is 13.1 Å². The summed E-state index contributed by atoms with van der Waals surface area (Å²) in [6.45, 7) is 4.95. The normalized spacial score (nSPS) is 12.7. The van der Waals surface area contributed by atoms with E-state index in [2.05, 4.69) is 219 Å². The van der Waals surface area contributed by atoms with Gasteiger partial charge in [-0.3, -0.25) is 0 Å². The van der Waals surface area contributed by atoms with Crippen molar-refractivity contribution < 1.29 is 0 Å². The molecule has 2 heterocycles. The first-order valence-electron chi connectivity index (χ1n) is 20.4. The maximum absolute atomic E-state index is 5.62. The van der Waals surface area contributed by atoms with E-state index in [1.54, 1.807) is 0 Å². The van der Waals surface area contributed by atoms with Crippen LogP contribution in [0, 0.1) is 0 Å². The Bertz CT molecular complexity index is 3170. The van der Waals surface area contributed by atoms with Crippen LogP contribution >= 0.6 is 0 Å². The van der Waals surface area contributed by atoms with Gasteiger partial charge in [0.05, 0.1) is 5.69 Å². The highest BCUT2D eigenvalue weighted by Crippen LogP contribution is 2.43. The summed E-state index contributed by atoms with van der Waals surface area (Å²) in [5.41, 5.74) is 15.1. The van der Waals surface area contributed by atoms with Crippen LogP contribution in [0.25, 0.3) is 99.8 Å². The largest absolute Gasteiger partial charge is 0.237 e. The molecule has 0 spiro atoms. The monoisotopic (exact) mass is 768 g/mol. The summed E-state index contributed by atoms with van der Waals surface area (Å²) in [4.78, 5) is 11.1. The summed E-state index contributed by atoms with van der Waals surface area (Å²) in [6, 6.07) is 74.5. The molecule has 0 aliphatic carbocycles. The molecular weight excluding hydrogens is 729 g/mol. The molecule has 11 rings (SSSR count). The van der Waals surface area contributed by atoms with Crippen molar-refractivity contribution in [3.05, 3.63) is 206 Å². The maximum Gasteiger partial charge on any atom is 0.159 e. The first kappa shape index (κ1) is 35.0. The van der Waals surface area contributed by atoms with Crippen LogP contribution in [-0.4, -0.2) is 18.0 Å². The van der Waals surface area contributed by atoms with Crippen LogP contribution in [0.3, 0.4) is 0 Å². The average Bonchev–Trinajstić information content (AvgIpc) is 3.56. The summed E-state index contributed by atoms with van der Waals surface area (Å²) in [5, 5.41) is 7.87. The topological polar surface area (TPSA) is 25.8 Å². The Hall–Kier alpha value is -7.20. The smallest absolute Gasteiger partial charge is 0.159 e. The van der Waals surface area contributed by atoms with Crippen molar-refractivity contribution in [1.82, 2.24) is 9.97 Å². The summed E-state index contributed by atoms with van der Waals surface area (Å²) in [7, 11) is -2.32. The minimum Gasteiger partial charge on any atom is -0.237 e. The van der Waals surface area contributed by atoms with Gasteiger partial charge in [0, 0.05) is 22.0 Å². The molecule has 0 radical (unpaired) electrons. The lowest BCUT2D eigenvalue weighted by Gasteiger charge is -2.21. The molecule has 0 N–H and O–H groups in total. The highest BCUT2D eigenvalue weighted by Gasteiger charge is 2.44. The summed E-state index contributed by atoms with van der Waals surface area (Å²) in [5.74, 6) is 0.769. The van der Waals surface area contributed by atoms with Gasteiger partial charge in [0.25, 0.3) is 0 Å². The molecule has 1 aliphatic heterocycles. The van der Waals surface area contributed by atoms with Gasteiger partial charge in [0.1, 0.15) is 8.07 Å². The van der Waals surface area contributed by atoms with E-state index >= 15 is 0 Å². The highest BCUT2D eigenvalue weighted by molar-refractivity contribution is 7.05. The Morgan fingerprint density at radius 3 is 1.27 bits per heavy atom. The second-order valence-electron chi connectivity index (χ2n) is 16.1. The molecule has 3 heteroatoms. The molecular formula is C56H40N2Si. The number of fused-ring (bicyclic) bond motifs is 8. The Labute approximate surface area is 346 Å². The highest BCUT2D eigenvalue weighted by atomic mass is 28.3. The molecule has 0 amide bonds. The number of aromatic nitrogens is 2. The van der Waals surface area contributed by atoms with Gasteiger partial charge in [-0.05, 0) is 107 Å². The van der Waals surface area contributed by atoms with Crippen molar-refractivity contribution in [3.63, 3.8) is 0 Å². The quantitative estimate of drug-likeness (QED) is 0.124. The Kier molecular flexibility index (Phi) is 8.31. The summed E-state index contributed by atoms with van der Waals surface area (Å²) < 4.78 is 0. The SMILES string of the molecule is C[Si]1(C)c2nc(-c3cccc(-c4cccc(-c5cc(-c6ccccc6)cc(-c6ccccc6)c5)c4)c3)nc(-c3ccccc3)c2-c2c1c1ccccc1c1ccccc21. The van der Waals surface area contributed by atoms with Crippen LogP contribution in [0.15, 0.2) is 206 Å². The molecule has 2 nitrogen and oxygen atoms in total. The maximum atomic E-state index is 5.62. The third-order valence-electron chi connectivity index (χ3n) is 12.2. The van der Waals surface area contributed by atoms with Gasteiger partial charge in [-0.25, -0.2) is 9.97 Å². The minimum atomic E-state index is -2.32. The summed E-state index contributed by atoms with van der Waals surface area (Å²) in [6.07, 6.45) is 0. The van der Waals surface area contributed by atoms with E-state index in [4.69, 9.17) is 9.97 Å². The fourth-order valence-electron chi connectivity index (χ4n) is 9.36. The van der Waals surface area contributed by atoms with E-state index in [0.29, 0.717) is 0 Å². The van der Waals surface area contributed by atoms with Crippen LogP contribution in [0.4, 0.5) is 0 Å². The zero-order valence-electron chi connectivity index (χ0n) is 33.0. The Balaban J connectivity index is 1.06. The number of hydrogen-bond donors (Lipinski definition) is 0. The summed E-state index contributed by atoms with van der Waals surface area (Å²) >= 11 is 0. The van der Waals surface area contributed by atoms with E-state index in [-0.39, 0.29) is 0 Å². The van der Waals surface area contributed by atoms with Gasteiger partial charge in [0.15, 0.2) is 5.82 Å². The lowest BCUT2D eigenvalue weighted by Crippen LogP contribution is -2.51. The number of nitrogens with zero attached hydrogens (tertiary/aromatic N) is 2. The molecule has 278 valence electrons. The van der Waals surface area contributed by atoms with Gasteiger partial charge >= 0.3 is 0 Å². The zero-order chi connectivity index (χ0) is 39.5.